The van der Waals surface area contributed by atoms with Crippen molar-refractivity contribution >= 4 is 21.9 Å². The van der Waals surface area contributed by atoms with Crippen LogP contribution in [0, 0.1) is 0 Å². The summed E-state index contributed by atoms with van der Waals surface area (Å²) in [7, 11) is 1.80. The van der Waals surface area contributed by atoms with Gasteiger partial charge in [-0.1, -0.05) is 6.07 Å². The second kappa shape index (κ2) is 5.77. The fourth-order valence-electron chi connectivity index (χ4n) is 3.10. The molecule has 0 unspecified atom stereocenters. The Hall–Kier alpha value is -3.00. The number of fused-ring (bicyclic) bond motifs is 3. The highest BCUT2D eigenvalue weighted by atomic mass is 19.4. The monoisotopic (exact) mass is 361 g/mol. The largest absolute Gasteiger partial charge is 0.573 e. The predicted octanol–water partition coefficient (Wildman–Crippen LogP) is 3.91. The van der Waals surface area contributed by atoms with Crippen molar-refractivity contribution in [2.45, 2.75) is 13.0 Å². The lowest BCUT2D eigenvalue weighted by atomic mass is 10.1. The minimum absolute atomic E-state index is 0.0770. The standard InChI is InChI=1S/C18H14F3N3O2/c1-23-9-15-14-8-11(10-25)2-7-16(14)24(17(15)22-23)12-3-5-13(6-4-12)26-18(19,20)21/h2-9,25H,10H2,1H3. The number of rotatable bonds is 3. The van der Waals surface area contributed by atoms with Crippen molar-refractivity contribution in [1.82, 2.24) is 14.3 Å². The van der Waals surface area contributed by atoms with E-state index in [2.05, 4.69) is 9.84 Å². The van der Waals surface area contributed by atoms with Crippen LogP contribution in [0.15, 0.2) is 48.7 Å². The molecule has 134 valence electrons. The summed E-state index contributed by atoms with van der Waals surface area (Å²) < 4.78 is 44.5. The van der Waals surface area contributed by atoms with E-state index in [1.165, 1.54) is 12.1 Å². The summed E-state index contributed by atoms with van der Waals surface area (Å²) in [6.45, 7) is -0.0770. The van der Waals surface area contributed by atoms with E-state index in [4.69, 9.17) is 0 Å². The van der Waals surface area contributed by atoms with Gasteiger partial charge in [-0.05, 0) is 42.0 Å². The molecule has 8 heteroatoms. The Bertz CT molecular complexity index is 1090. The molecule has 0 atom stereocenters. The molecule has 0 fully saturated rings. The molecule has 0 aliphatic heterocycles. The van der Waals surface area contributed by atoms with E-state index >= 15 is 0 Å². The van der Waals surface area contributed by atoms with Crippen LogP contribution in [0.3, 0.4) is 0 Å². The summed E-state index contributed by atoms with van der Waals surface area (Å²) in [5.74, 6) is -0.280. The zero-order chi connectivity index (χ0) is 18.5. The summed E-state index contributed by atoms with van der Waals surface area (Å²) in [5.41, 5.74) is 2.97. The molecule has 2 aromatic heterocycles. The molecule has 0 radical (unpaired) electrons. The molecule has 2 heterocycles. The number of alkyl halides is 3. The first-order chi connectivity index (χ1) is 12.4. The number of ether oxygens (including phenoxy) is 1. The zero-order valence-corrected chi connectivity index (χ0v) is 13.7. The van der Waals surface area contributed by atoms with Crippen LogP contribution in [0.1, 0.15) is 5.56 Å². The van der Waals surface area contributed by atoms with E-state index in [0.29, 0.717) is 11.3 Å². The van der Waals surface area contributed by atoms with Gasteiger partial charge >= 0.3 is 6.36 Å². The second-order valence-electron chi connectivity index (χ2n) is 5.93. The van der Waals surface area contributed by atoms with Crippen LogP contribution in [-0.4, -0.2) is 25.8 Å². The lowest BCUT2D eigenvalue weighted by molar-refractivity contribution is -0.274. The number of benzene rings is 2. The maximum atomic E-state index is 12.3. The van der Waals surface area contributed by atoms with Gasteiger partial charge in [0.25, 0.3) is 0 Å². The van der Waals surface area contributed by atoms with Crippen LogP contribution >= 0.6 is 0 Å². The first kappa shape index (κ1) is 16.5. The molecule has 1 N–H and O–H groups in total. The van der Waals surface area contributed by atoms with E-state index < -0.39 is 6.36 Å². The first-order valence-corrected chi connectivity index (χ1v) is 7.79. The summed E-state index contributed by atoms with van der Waals surface area (Å²) in [6.07, 6.45) is -2.85. The van der Waals surface area contributed by atoms with Gasteiger partial charge in [0, 0.05) is 29.7 Å². The molecule has 0 amide bonds. The molecular weight excluding hydrogens is 347 g/mol. The minimum Gasteiger partial charge on any atom is -0.406 e. The molecule has 0 aliphatic rings. The van der Waals surface area contributed by atoms with Gasteiger partial charge in [-0.15, -0.1) is 13.2 Å². The number of aryl methyl sites for hydroxylation is 1. The van der Waals surface area contributed by atoms with Crippen LogP contribution in [-0.2, 0) is 13.7 Å². The Morgan fingerprint density at radius 1 is 1.08 bits per heavy atom. The Morgan fingerprint density at radius 3 is 2.46 bits per heavy atom. The number of aromatic nitrogens is 3. The second-order valence-corrected chi connectivity index (χ2v) is 5.93. The Labute approximate surface area is 145 Å². The van der Waals surface area contributed by atoms with Gasteiger partial charge in [-0.25, -0.2) is 0 Å². The zero-order valence-electron chi connectivity index (χ0n) is 13.7. The summed E-state index contributed by atoms with van der Waals surface area (Å²) in [4.78, 5) is 0. The molecule has 4 rings (SSSR count). The Kier molecular flexibility index (Phi) is 3.66. The van der Waals surface area contributed by atoms with Crippen molar-refractivity contribution in [2.24, 2.45) is 7.05 Å². The fourth-order valence-corrected chi connectivity index (χ4v) is 3.10. The third-order valence-electron chi connectivity index (χ3n) is 4.12. The van der Waals surface area contributed by atoms with Gasteiger partial charge in [-0.2, -0.15) is 5.10 Å². The third kappa shape index (κ3) is 2.78. The van der Waals surface area contributed by atoms with Crippen molar-refractivity contribution in [3.05, 3.63) is 54.2 Å². The van der Waals surface area contributed by atoms with Gasteiger partial charge in [0.2, 0.25) is 0 Å². The van der Waals surface area contributed by atoms with Crippen LogP contribution in [0.4, 0.5) is 13.2 Å². The molecule has 0 saturated carbocycles. The number of aliphatic hydroxyl groups is 1. The van der Waals surface area contributed by atoms with Crippen molar-refractivity contribution in [1.29, 1.82) is 0 Å². The number of hydrogen-bond acceptors (Lipinski definition) is 3. The van der Waals surface area contributed by atoms with E-state index in [1.807, 2.05) is 22.9 Å². The molecular formula is C18H14F3N3O2. The van der Waals surface area contributed by atoms with Gasteiger partial charge in [0.05, 0.1) is 12.1 Å². The molecule has 4 aromatic rings. The summed E-state index contributed by atoms with van der Waals surface area (Å²) >= 11 is 0. The molecule has 0 bridgehead atoms. The van der Waals surface area contributed by atoms with Gasteiger partial charge in [0.1, 0.15) is 5.75 Å². The molecule has 0 spiro atoms. The summed E-state index contributed by atoms with van der Waals surface area (Å²) in [5, 5.41) is 15.7. The summed E-state index contributed by atoms with van der Waals surface area (Å²) in [6, 6.07) is 11.2. The SMILES string of the molecule is Cn1cc2c3cc(CO)ccc3n(-c3ccc(OC(F)(F)F)cc3)c2n1. The van der Waals surface area contributed by atoms with E-state index in [0.717, 1.165) is 21.9 Å². The van der Waals surface area contributed by atoms with E-state index in [-0.39, 0.29) is 12.4 Å². The van der Waals surface area contributed by atoms with Gasteiger partial charge in [0.15, 0.2) is 5.65 Å². The maximum Gasteiger partial charge on any atom is 0.573 e. The normalized spacial score (nSPS) is 12.2. The number of aliphatic hydroxyl groups excluding tert-OH is 1. The third-order valence-corrected chi connectivity index (χ3v) is 4.12. The quantitative estimate of drug-likeness (QED) is 0.602. The topological polar surface area (TPSA) is 52.2 Å². The molecule has 0 aliphatic carbocycles. The van der Waals surface area contributed by atoms with Crippen molar-refractivity contribution in [3.8, 4) is 11.4 Å². The smallest absolute Gasteiger partial charge is 0.406 e. The Balaban J connectivity index is 1.89. The van der Waals surface area contributed by atoms with Crippen LogP contribution < -0.4 is 4.74 Å². The molecule has 2 aromatic carbocycles. The van der Waals surface area contributed by atoms with Gasteiger partial charge in [-0.3, -0.25) is 9.25 Å². The van der Waals surface area contributed by atoms with Crippen molar-refractivity contribution in [2.75, 3.05) is 0 Å². The first-order valence-electron chi connectivity index (χ1n) is 7.79. The Morgan fingerprint density at radius 2 is 1.81 bits per heavy atom. The lowest BCUT2D eigenvalue weighted by Crippen LogP contribution is -2.17. The van der Waals surface area contributed by atoms with Crippen LogP contribution in [0.5, 0.6) is 5.75 Å². The van der Waals surface area contributed by atoms with Gasteiger partial charge < -0.3 is 9.84 Å². The molecule has 26 heavy (non-hydrogen) atoms. The fraction of sp³-hybridized carbons (Fsp3) is 0.167. The highest BCUT2D eigenvalue weighted by molar-refractivity contribution is 6.08. The number of hydrogen-bond donors (Lipinski definition) is 1. The van der Waals surface area contributed by atoms with Crippen molar-refractivity contribution in [3.63, 3.8) is 0 Å². The van der Waals surface area contributed by atoms with Crippen LogP contribution in [0.25, 0.3) is 27.6 Å². The average Bonchev–Trinajstić information content (AvgIpc) is 3.09. The van der Waals surface area contributed by atoms with Crippen LogP contribution in [0.2, 0.25) is 0 Å². The predicted molar refractivity (Wildman–Crippen MR) is 90.2 cm³/mol. The highest BCUT2D eigenvalue weighted by Gasteiger charge is 2.31. The van der Waals surface area contributed by atoms with E-state index in [1.54, 1.807) is 29.9 Å². The molecule has 5 nitrogen and oxygen atoms in total. The lowest BCUT2D eigenvalue weighted by Gasteiger charge is -2.11. The van der Waals surface area contributed by atoms with Crippen molar-refractivity contribution < 1.29 is 23.0 Å². The number of nitrogens with zero attached hydrogens (tertiary/aromatic N) is 3. The van der Waals surface area contributed by atoms with E-state index in [9.17, 15) is 18.3 Å². The highest BCUT2D eigenvalue weighted by Crippen LogP contribution is 2.33. The molecule has 0 saturated heterocycles. The minimum atomic E-state index is -4.73. The number of halogens is 3. The average molecular weight is 361 g/mol. The maximum absolute atomic E-state index is 12.3.